The van der Waals surface area contributed by atoms with Crippen LogP contribution >= 0.6 is 12.4 Å². The molecule has 0 bridgehead atoms. The minimum atomic E-state index is -0.184. The summed E-state index contributed by atoms with van der Waals surface area (Å²) in [5.74, 6) is -0.184. The van der Waals surface area contributed by atoms with E-state index in [1.165, 1.54) is 6.07 Å². The lowest BCUT2D eigenvalue weighted by Gasteiger charge is -2.24. The maximum atomic E-state index is 12.8. The van der Waals surface area contributed by atoms with E-state index in [2.05, 4.69) is 5.32 Å². The Balaban J connectivity index is 0.00000144. The summed E-state index contributed by atoms with van der Waals surface area (Å²) in [6.45, 7) is 4.03. The van der Waals surface area contributed by atoms with Crippen molar-refractivity contribution in [2.75, 3.05) is 7.05 Å². The first kappa shape index (κ1) is 12.4. The Labute approximate surface area is 84.8 Å². The zero-order valence-electron chi connectivity index (χ0n) is 8.10. The van der Waals surface area contributed by atoms with Crippen LogP contribution in [0.25, 0.3) is 0 Å². The van der Waals surface area contributed by atoms with E-state index in [1.54, 1.807) is 12.1 Å². The molecule has 13 heavy (non-hydrogen) atoms. The second kappa shape index (κ2) is 4.58. The van der Waals surface area contributed by atoms with Crippen LogP contribution in [0.5, 0.6) is 0 Å². The molecule has 0 aromatic heterocycles. The van der Waals surface area contributed by atoms with Gasteiger partial charge < -0.3 is 5.32 Å². The van der Waals surface area contributed by atoms with Gasteiger partial charge in [0, 0.05) is 5.54 Å². The highest BCUT2D eigenvalue weighted by Crippen LogP contribution is 2.19. The molecule has 1 aromatic rings. The lowest BCUT2D eigenvalue weighted by atomic mass is 9.95. The normalized spacial score (nSPS) is 10.8. The van der Waals surface area contributed by atoms with Gasteiger partial charge in [-0.3, -0.25) is 0 Å². The van der Waals surface area contributed by atoms with E-state index in [9.17, 15) is 4.39 Å². The number of rotatable bonds is 2. The molecule has 0 aliphatic rings. The van der Waals surface area contributed by atoms with Crippen molar-refractivity contribution in [1.29, 1.82) is 0 Å². The maximum absolute atomic E-state index is 12.8. The first-order valence-corrected chi connectivity index (χ1v) is 4.01. The molecule has 0 radical (unpaired) electrons. The lowest BCUT2D eigenvalue weighted by Crippen LogP contribution is -2.33. The third kappa shape index (κ3) is 2.98. The Morgan fingerprint density at radius 1 is 1.31 bits per heavy atom. The minimum absolute atomic E-state index is 0. The van der Waals surface area contributed by atoms with E-state index in [0.29, 0.717) is 0 Å². The van der Waals surface area contributed by atoms with Crippen molar-refractivity contribution in [3.8, 4) is 0 Å². The Bertz CT molecular complexity index is 273. The van der Waals surface area contributed by atoms with Gasteiger partial charge in [0.1, 0.15) is 5.82 Å². The molecule has 0 saturated heterocycles. The third-order valence-electron chi connectivity index (χ3n) is 2.17. The summed E-state index contributed by atoms with van der Waals surface area (Å²) in [7, 11) is 1.87. The van der Waals surface area contributed by atoms with E-state index >= 15 is 0 Å². The van der Waals surface area contributed by atoms with E-state index in [-0.39, 0.29) is 23.8 Å². The summed E-state index contributed by atoms with van der Waals surface area (Å²) in [4.78, 5) is 0. The molecule has 0 amide bonds. The number of halogens is 2. The Hall–Kier alpha value is -0.600. The van der Waals surface area contributed by atoms with Crippen LogP contribution in [-0.4, -0.2) is 7.05 Å². The van der Waals surface area contributed by atoms with Gasteiger partial charge in [-0.05, 0) is 38.6 Å². The van der Waals surface area contributed by atoms with Crippen molar-refractivity contribution >= 4 is 12.4 Å². The Kier molecular flexibility index (Phi) is 4.37. The largest absolute Gasteiger partial charge is 0.311 e. The zero-order chi connectivity index (χ0) is 9.19. The molecule has 1 aromatic carbocycles. The van der Waals surface area contributed by atoms with Crippen molar-refractivity contribution in [2.24, 2.45) is 0 Å². The van der Waals surface area contributed by atoms with Crippen LogP contribution in [0.3, 0.4) is 0 Å². The van der Waals surface area contributed by atoms with Crippen LogP contribution in [0, 0.1) is 5.82 Å². The second-order valence-electron chi connectivity index (χ2n) is 3.39. The molecule has 1 N–H and O–H groups in total. The molecule has 0 aliphatic heterocycles. The molecule has 0 spiro atoms. The van der Waals surface area contributed by atoms with Crippen LogP contribution in [0.4, 0.5) is 4.39 Å². The SMILES string of the molecule is CNC(C)(C)c1cccc(F)c1.Cl. The highest BCUT2D eigenvalue weighted by molar-refractivity contribution is 5.85. The maximum Gasteiger partial charge on any atom is 0.123 e. The highest BCUT2D eigenvalue weighted by Gasteiger charge is 2.17. The monoisotopic (exact) mass is 203 g/mol. The molecule has 0 aliphatic carbocycles. The summed E-state index contributed by atoms with van der Waals surface area (Å²) < 4.78 is 12.8. The summed E-state index contributed by atoms with van der Waals surface area (Å²) >= 11 is 0. The van der Waals surface area contributed by atoms with Gasteiger partial charge in [-0.1, -0.05) is 12.1 Å². The van der Waals surface area contributed by atoms with Gasteiger partial charge in [0.2, 0.25) is 0 Å². The second-order valence-corrected chi connectivity index (χ2v) is 3.39. The van der Waals surface area contributed by atoms with Gasteiger partial charge in [0.25, 0.3) is 0 Å². The standard InChI is InChI=1S/C10H14FN.ClH/c1-10(2,12-3)8-5-4-6-9(11)7-8;/h4-7,12H,1-3H3;1H. The van der Waals surface area contributed by atoms with Crippen molar-refractivity contribution in [1.82, 2.24) is 5.32 Å². The topological polar surface area (TPSA) is 12.0 Å². The third-order valence-corrected chi connectivity index (χ3v) is 2.17. The molecular weight excluding hydrogens is 189 g/mol. The number of hydrogen-bond donors (Lipinski definition) is 1. The Morgan fingerprint density at radius 2 is 1.92 bits per heavy atom. The van der Waals surface area contributed by atoms with E-state index in [0.717, 1.165) is 5.56 Å². The molecule has 0 heterocycles. The molecule has 74 valence electrons. The van der Waals surface area contributed by atoms with Crippen molar-refractivity contribution in [3.05, 3.63) is 35.6 Å². The molecule has 0 atom stereocenters. The van der Waals surface area contributed by atoms with Gasteiger partial charge in [-0.2, -0.15) is 0 Å². The minimum Gasteiger partial charge on any atom is -0.311 e. The van der Waals surface area contributed by atoms with Crippen LogP contribution in [0.1, 0.15) is 19.4 Å². The van der Waals surface area contributed by atoms with E-state index in [1.807, 2.05) is 27.0 Å². The van der Waals surface area contributed by atoms with E-state index < -0.39 is 0 Å². The molecule has 3 heteroatoms. The smallest absolute Gasteiger partial charge is 0.123 e. The molecule has 1 nitrogen and oxygen atoms in total. The number of nitrogens with one attached hydrogen (secondary N) is 1. The lowest BCUT2D eigenvalue weighted by molar-refractivity contribution is 0.441. The average molecular weight is 204 g/mol. The number of benzene rings is 1. The summed E-state index contributed by atoms with van der Waals surface area (Å²) in [5.41, 5.74) is 0.798. The van der Waals surface area contributed by atoms with Gasteiger partial charge in [0.05, 0.1) is 0 Å². The molecule has 0 fully saturated rings. The summed E-state index contributed by atoms with van der Waals surface area (Å²) in [6.07, 6.45) is 0. The highest BCUT2D eigenvalue weighted by atomic mass is 35.5. The van der Waals surface area contributed by atoms with Gasteiger partial charge in [-0.15, -0.1) is 12.4 Å². The predicted molar refractivity (Wildman–Crippen MR) is 55.7 cm³/mol. The molecule has 0 unspecified atom stereocenters. The van der Waals surface area contributed by atoms with Gasteiger partial charge >= 0.3 is 0 Å². The molecule has 1 rings (SSSR count). The van der Waals surface area contributed by atoms with Crippen molar-refractivity contribution in [3.63, 3.8) is 0 Å². The first-order valence-electron chi connectivity index (χ1n) is 4.01. The van der Waals surface area contributed by atoms with Crippen LogP contribution < -0.4 is 5.32 Å². The Morgan fingerprint density at radius 3 is 2.38 bits per heavy atom. The molecule has 0 saturated carbocycles. The quantitative estimate of drug-likeness (QED) is 0.780. The first-order chi connectivity index (χ1) is 5.56. The van der Waals surface area contributed by atoms with Crippen molar-refractivity contribution < 1.29 is 4.39 Å². The summed E-state index contributed by atoms with van der Waals surface area (Å²) in [5, 5.41) is 3.12. The van der Waals surface area contributed by atoms with E-state index in [4.69, 9.17) is 0 Å². The fraction of sp³-hybridized carbons (Fsp3) is 0.400. The fourth-order valence-electron chi connectivity index (χ4n) is 1.02. The van der Waals surface area contributed by atoms with Crippen LogP contribution in [0.15, 0.2) is 24.3 Å². The van der Waals surface area contributed by atoms with Crippen LogP contribution in [-0.2, 0) is 5.54 Å². The average Bonchev–Trinajstić information content (AvgIpc) is 2.05. The van der Waals surface area contributed by atoms with Crippen LogP contribution in [0.2, 0.25) is 0 Å². The van der Waals surface area contributed by atoms with Gasteiger partial charge in [-0.25, -0.2) is 4.39 Å². The number of hydrogen-bond acceptors (Lipinski definition) is 1. The van der Waals surface area contributed by atoms with Gasteiger partial charge in [0.15, 0.2) is 0 Å². The predicted octanol–water partition coefficient (Wildman–Crippen LogP) is 2.70. The summed E-state index contributed by atoms with van der Waals surface area (Å²) in [6, 6.07) is 6.65. The zero-order valence-corrected chi connectivity index (χ0v) is 8.91. The fourth-order valence-corrected chi connectivity index (χ4v) is 1.02. The van der Waals surface area contributed by atoms with Crippen molar-refractivity contribution in [2.45, 2.75) is 19.4 Å². The molecular formula is C10H15ClFN.